The Hall–Kier alpha value is -1.56. The lowest BCUT2D eigenvalue weighted by Crippen LogP contribution is -2.25. The number of hydrogen-bond acceptors (Lipinski definition) is 6. The molecule has 1 aromatic heterocycles. The minimum atomic E-state index is 0.232. The van der Waals surface area contributed by atoms with E-state index in [9.17, 15) is 0 Å². The maximum absolute atomic E-state index is 6.03. The molecule has 1 heterocycles. The summed E-state index contributed by atoms with van der Waals surface area (Å²) in [5.74, 6) is 2.09. The van der Waals surface area contributed by atoms with E-state index in [0.29, 0.717) is 17.4 Å². The summed E-state index contributed by atoms with van der Waals surface area (Å²) in [5, 5.41) is 3.30. The van der Waals surface area contributed by atoms with Gasteiger partial charge in [0.1, 0.15) is 11.5 Å². The number of nitrogens with one attached hydrogen (secondary N) is 1. The van der Waals surface area contributed by atoms with Crippen molar-refractivity contribution in [2.75, 3.05) is 44.3 Å². The zero-order valence-electron chi connectivity index (χ0n) is 13.9. The Labute approximate surface area is 128 Å². The van der Waals surface area contributed by atoms with E-state index in [1.54, 1.807) is 7.11 Å². The third kappa shape index (κ3) is 5.04. The second-order valence-electron chi connectivity index (χ2n) is 5.32. The molecule has 0 radical (unpaired) electrons. The van der Waals surface area contributed by atoms with Crippen LogP contribution in [0.3, 0.4) is 0 Å². The van der Waals surface area contributed by atoms with E-state index in [1.165, 1.54) is 0 Å². The minimum absolute atomic E-state index is 0.232. The molecule has 6 nitrogen and oxygen atoms in total. The molecule has 0 saturated carbocycles. The predicted molar refractivity (Wildman–Crippen MR) is 88.0 cm³/mol. The fourth-order valence-corrected chi connectivity index (χ4v) is 2.06. The fourth-order valence-electron chi connectivity index (χ4n) is 2.06. The van der Waals surface area contributed by atoms with Crippen LogP contribution in [0.2, 0.25) is 0 Å². The van der Waals surface area contributed by atoms with Gasteiger partial charge in [-0.05, 0) is 26.1 Å². The first-order valence-corrected chi connectivity index (χ1v) is 7.71. The van der Waals surface area contributed by atoms with Crippen molar-refractivity contribution >= 4 is 11.5 Å². The first-order valence-electron chi connectivity index (χ1n) is 7.71. The third-order valence-corrected chi connectivity index (χ3v) is 3.48. The smallest absolute Gasteiger partial charge is 0.242 e. The normalized spacial score (nSPS) is 11.2. The van der Waals surface area contributed by atoms with E-state index in [4.69, 9.17) is 10.5 Å². The molecule has 0 fully saturated rings. The molecular formula is C15H29N5O. The topological polar surface area (TPSA) is 76.3 Å². The summed E-state index contributed by atoms with van der Waals surface area (Å²) < 4.78 is 5.23. The molecule has 0 spiro atoms. The summed E-state index contributed by atoms with van der Waals surface area (Å²) >= 11 is 0. The van der Waals surface area contributed by atoms with Crippen LogP contribution in [0.4, 0.5) is 11.5 Å². The number of ether oxygens (including phenoxy) is 1. The molecule has 0 atom stereocenters. The van der Waals surface area contributed by atoms with E-state index < -0.39 is 0 Å². The zero-order chi connectivity index (χ0) is 15.8. The monoisotopic (exact) mass is 295 g/mol. The van der Waals surface area contributed by atoms with Crippen molar-refractivity contribution in [3.63, 3.8) is 0 Å². The van der Waals surface area contributed by atoms with Gasteiger partial charge >= 0.3 is 0 Å². The van der Waals surface area contributed by atoms with Crippen LogP contribution >= 0.6 is 0 Å². The molecule has 0 unspecified atom stereocenters. The van der Waals surface area contributed by atoms with Crippen molar-refractivity contribution < 1.29 is 4.74 Å². The molecular weight excluding hydrogens is 266 g/mol. The van der Waals surface area contributed by atoms with Gasteiger partial charge in [0.25, 0.3) is 0 Å². The highest BCUT2D eigenvalue weighted by Gasteiger charge is 2.14. The van der Waals surface area contributed by atoms with E-state index in [-0.39, 0.29) is 5.92 Å². The number of aromatic nitrogens is 2. The van der Waals surface area contributed by atoms with Crippen LogP contribution < -0.4 is 15.8 Å². The molecule has 1 rings (SSSR count). The second kappa shape index (κ2) is 8.67. The van der Waals surface area contributed by atoms with Crippen LogP contribution in [-0.4, -0.2) is 48.2 Å². The lowest BCUT2D eigenvalue weighted by atomic mass is 10.2. The fraction of sp³-hybridized carbons (Fsp3) is 0.733. The molecule has 120 valence electrons. The standard InChI is InChI=1S/C15H29N5O/c1-6-20(7-2)10-8-9-17-14-12(16)15(21-5)19-13(18-14)11(3)4/h11H,6-10,16H2,1-5H3,(H,17,18,19). The number of nitrogens with two attached hydrogens (primary N) is 1. The molecule has 0 aliphatic rings. The Bertz CT molecular complexity index is 432. The van der Waals surface area contributed by atoms with Gasteiger partial charge in [-0.1, -0.05) is 27.7 Å². The molecule has 0 aliphatic heterocycles. The van der Waals surface area contributed by atoms with Crippen LogP contribution in [0.15, 0.2) is 0 Å². The SMILES string of the molecule is CCN(CC)CCCNc1nc(C(C)C)nc(OC)c1N. The van der Waals surface area contributed by atoms with Crippen molar-refractivity contribution in [2.24, 2.45) is 0 Å². The van der Waals surface area contributed by atoms with Crippen LogP contribution in [0, 0.1) is 0 Å². The highest BCUT2D eigenvalue weighted by molar-refractivity contribution is 5.66. The molecule has 1 aromatic rings. The third-order valence-electron chi connectivity index (χ3n) is 3.48. The second-order valence-corrected chi connectivity index (χ2v) is 5.32. The Kier molecular flexibility index (Phi) is 7.22. The first kappa shape index (κ1) is 17.5. The quantitative estimate of drug-likeness (QED) is 0.681. The average Bonchev–Trinajstić information content (AvgIpc) is 2.48. The lowest BCUT2D eigenvalue weighted by molar-refractivity contribution is 0.303. The van der Waals surface area contributed by atoms with Crippen molar-refractivity contribution in [2.45, 2.75) is 40.0 Å². The van der Waals surface area contributed by atoms with Crippen LogP contribution in [-0.2, 0) is 0 Å². The van der Waals surface area contributed by atoms with E-state index in [2.05, 4.69) is 47.9 Å². The largest absolute Gasteiger partial charge is 0.479 e. The van der Waals surface area contributed by atoms with Crippen molar-refractivity contribution in [1.82, 2.24) is 14.9 Å². The Morgan fingerprint density at radius 1 is 1.24 bits per heavy atom. The predicted octanol–water partition coefficient (Wildman–Crippen LogP) is 2.33. The Balaban J connectivity index is 2.67. The molecule has 0 saturated heterocycles. The number of anilines is 2. The Morgan fingerprint density at radius 2 is 1.90 bits per heavy atom. The minimum Gasteiger partial charge on any atom is -0.479 e. The summed E-state index contributed by atoms with van der Waals surface area (Å²) in [6.07, 6.45) is 1.05. The van der Waals surface area contributed by atoms with E-state index >= 15 is 0 Å². The van der Waals surface area contributed by atoms with E-state index in [1.807, 2.05) is 0 Å². The maximum Gasteiger partial charge on any atom is 0.242 e. The van der Waals surface area contributed by atoms with Crippen LogP contribution in [0.25, 0.3) is 0 Å². The van der Waals surface area contributed by atoms with E-state index in [0.717, 1.165) is 38.4 Å². The summed E-state index contributed by atoms with van der Waals surface area (Å²) in [4.78, 5) is 11.2. The summed E-state index contributed by atoms with van der Waals surface area (Å²) in [6.45, 7) is 12.5. The molecule has 6 heteroatoms. The van der Waals surface area contributed by atoms with Crippen molar-refractivity contribution in [3.8, 4) is 5.88 Å². The number of rotatable bonds is 9. The molecule has 0 bridgehead atoms. The van der Waals surface area contributed by atoms with Crippen LogP contribution in [0.1, 0.15) is 45.9 Å². The van der Waals surface area contributed by atoms with Gasteiger partial charge in [0.05, 0.1) is 7.11 Å². The average molecular weight is 295 g/mol. The van der Waals surface area contributed by atoms with Gasteiger partial charge < -0.3 is 20.7 Å². The van der Waals surface area contributed by atoms with Gasteiger partial charge in [-0.2, -0.15) is 4.98 Å². The lowest BCUT2D eigenvalue weighted by Gasteiger charge is -2.18. The van der Waals surface area contributed by atoms with Gasteiger partial charge in [-0.25, -0.2) is 4.98 Å². The van der Waals surface area contributed by atoms with Gasteiger partial charge in [-0.3, -0.25) is 0 Å². The van der Waals surface area contributed by atoms with Crippen molar-refractivity contribution in [3.05, 3.63) is 5.82 Å². The summed E-state index contributed by atoms with van der Waals surface area (Å²) in [6, 6.07) is 0. The van der Waals surface area contributed by atoms with Crippen LogP contribution in [0.5, 0.6) is 5.88 Å². The van der Waals surface area contributed by atoms with Gasteiger partial charge in [0.2, 0.25) is 5.88 Å². The van der Waals surface area contributed by atoms with Crippen molar-refractivity contribution in [1.29, 1.82) is 0 Å². The number of hydrogen-bond donors (Lipinski definition) is 2. The number of methoxy groups -OCH3 is 1. The van der Waals surface area contributed by atoms with Gasteiger partial charge in [0, 0.05) is 12.5 Å². The Morgan fingerprint density at radius 3 is 2.43 bits per heavy atom. The first-order chi connectivity index (χ1) is 10.0. The maximum atomic E-state index is 6.03. The number of nitrogen functional groups attached to an aromatic ring is 1. The van der Waals surface area contributed by atoms with Gasteiger partial charge in [-0.15, -0.1) is 0 Å². The molecule has 0 amide bonds. The van der Waals surface area contributed by atoms with Gasteiger partial charge in [0.15, 0.2) is 5.82 Å². The zero-order valence-corrected chi connectivity index (χ0v) is 13.9. The molecule has 3 N–H and O–H groups in total. The highest BCUT2D eigenvalue weighted by atomic mass is 16.5. The molecule has 0 aliphatic carbocycles. The molecule has 21 heavy (non-hydrogen) atoms. The summed E-state index contributed by atoms with van der Waals surface area (Å²) in [7, 11) is 1.58. The molecule has 0 aromatic carbocycles. The number of nitrogens with zero attached hydrogens (tertiary/aromatic N) is 3. The summed E-state index contributed by atoms with van der Waals surface area (Å²) in [5.41, 5.74) is 6.51. The highest BCUT2D eigenvalue weighted by Crippen LogP contribution is 2.27.